The molecule has 0 aliphatic heterocycles. The van der Waals surface area contributed by atoms with Crippen LogP contribution < -0.4 is 4.74 Å². The van der Waals surface area contributed by atoms with Gasteiger partial charge in [0.05, 0.1) is 5.92 Å². The summed E-state index contributed by atoms with van der Waals surface area (Å²) in [6.45, 7) is 10.5. The molecular weight excluding hydrogens is 511 g/mol. The number of nitrogens with zero attached hydrogens (tertiary/aromatic N) is 1. The number of carbonyl (C=O) groups excluding carboxylic acids is 1. The molecule has 2 atom stereocenters. The van der Waals surface area contributed by atoms with Gasteiger partial charge < -0.3 is 9.47 Å². The SMILES string of the molecule is CCc1ccc(-c2cc3ccc(OCC(COC(=O)C(CC(C)C)C(C)C)C(F)(F)F)cc3s2)c(CC)n1. The fourth-order valence-electron chi connectivity index (χ4n) is 4.34. The maximum atomic E-state index is 13.7. The van der Waals surface area contributed by atoms with Crippen molar-refractivity contribution in [3.8, 4) is 16.2 Å². The highest BCUT2D eigenvalue weighted by Crippen LogP contribution is 2.37. The molecule has 0 fully saturated rings. The topological polar surface area (TPSA) is 48.4 Å². The standard InChI is InChI=1S/C30H38F3NO3S/c1-7-22-10-12-24(26(8-2)34-22)28-14-20-9-11-23(15-27(20)38-28)36-16-21(30(31,32)33)17-37-29(35)25(19(5)6)13-18(3)4/h9-12,14-15,18-19,21,25H,7-8,13,16-17H2,1-6H3. The molecule has 0 saturated carbocycles. The van der Waals surface area contributed by atoms with E-state index in [2.05, 4.69) is 26.0 Å². The van der Waals surface area contributed by atoms with Crippen LogP contribution in [0.2, 0.25) is 0 Å². The Balaban J connectivity index is 1.72. The van der Waals surface area contributed by atoms with E-state index in [1.54, 1.807) is 23.5 Å². The van der Waals surface area contributed by atoms with Crippen molar-refractivity contribution in [2.24, 2.45) is 23.7 Å². The van der Waals surface area contributed by atoms with Crippen molar-refractivity contribution in [2.45, 2.75) is 67.0 Å². The maximum Gasteiger partial charge on any atom is 0.398 e. The second kappa shape index (κ2) is 13.0. The third-order valence-corrected chi connectivity index (χ3v) is 7.79. The zero-order valence-electron chi connectivity index (χ0n) is 23.0. The molecule has 0 bridgehead atoms. The minimum absolute atomic E-state index is 0.0123. The van der Waals surface area contributed by atoms with E-state index in [0.29, 0.717) is 12.2 Å². The lowest BCUT2D eigenvalue weighted by Crippen LogP contribution is -2.35. The molecule has 3 rings (SSSR count). The smallest absolute Gasteiger partial charge is 0.398 e. The van der Waals surface area contributed by atoms with E-state index in [0.717, 1.165) is 44.8 Å². The summed E-state index contributed by atoms with van der Waals surface area (Å²) in [4.78, 5) is 18.3. The van der Waals surface area contributed by atoms with Crippen LogP contribution in [-0.4, -0.2) is 30.3 Å². The Kier molecular flexibility index (Phi) is 10.2. The molecule has 0 N–H and O–H groups in total. The highest BCUT2D eigenvalue weighted by Gasteiger charge is 2.41. The number of hydrogen-bond donors (Lipinski definition) is 0. The summed E-state index contributed by atoms with van der Waals surface area (Å²) in [6, 6.07) is 11.5. The van der Waals surface area contributed by atoms with Crippen LogP contribution in [0.4, 0.5) is 13.2 Å². The quantitative estimate of drug-likeness (QED) is 0.213. The Morgan fingerprint density at radius 2 is 1.74 bits per heavy atom. The number of fused-ring (bicyclic) bond motifs is 1. The average Bonchev–Trinajstić information content (AvgIpc) is 3.28. The molecule has 8 heteroatoms. The Morgan fingerprint density at radius 1 is 1.00 bits per heavy atom. The zero-order chi connectivity index (χ0) is 28.0. The summed E-state index contributed by atoms with van der Waals surface area (Å²) in [7, 11) is 0. The van der Waals surface area contributed by atoms with Gasteiger partial charge in [0.1, 0.15) is 24.9 Å². The minimum Gasteiger partial charge on any atom is -0.493 e. The number of halogens is 3. The third-order valence-electron chi connectivity index (χ3n) is 6.66. The van der Waals surface area contributed by atoms with E-state index in [-0.39, 0.29) is 11.8 Å². The molecular formula is C30H38F3NO3S. The largest absolute Gasteiger partial charge is 0.493 e. The lowest BCUT2D eigenvalue weighted by molar-refractivity contribution is -0.198. The van der Waals surface area contributed by atoms with Gasteiger partial charge in [0.15, 0.2) is 0 Å². The number of aromatic nitrogens is 1. The molecule has 2 unspecified atom stereocenters. The van der Waals surface area contributed by atoms with Crippen molar-refractivity contribution in [3.63, 3.8) is 0 Å². The molecule has 0 aliphatic rings. The van der Waals surface area contributed by atoms with Gasteiger partial charge in [-0.2, -0.15) is 13.2 Å². The Bertz CT molecular complexity index is 1220. The van der Waals surface area contributed by atoms with E-state index >= 15 is 0 Å². The average molecular weight is 550 g/mol. The second-order valence-corrected chi connectivity index (χ2v) is 11.6. The number of rotatable bonds is 12. The molecule has 4 nitrogen and oxygen atoms in total. The van der Waals surface area contributed by atoms with Gasteiger partial charge in [-0.3, -0.25) is 9.78 Å². The minimum atomic E-state index is -4.56. The first-order chi connectivity index (χ1) is 17.9. The maximum absolute atomic E-state index is 13.7. The second-order valence-electron chi connectivity index (χ2n) is 10.5. The monoisotopic (exact) mass is 549 g/mol. The highest BCUT2D eigenvalue weighted by molar-refractivity contribution is 7.22. The Labute approximate surface area is 227 Å². The van der Waals surface area contributed by atoms with E-state index in [1.165, 1.54) is 0 Å². The first kappa shape index (κ1) is 29.9. The highest BCUT2D eigenvalue weighted by atomic mass is 32.1. The number of alkyl halides is 3. The zero-order valence-corrected chi connectivity index (χ0v) is 23.8. The molecule has 0 saturated heterocycles. The predicted molar refractivity (Wildman–Crippen MR) is 148 cm³/mol. The van der Waals surface area contributed by atoms with Crippen LogP contribution in [0.15, 0.2) is 36.4 Å². The van der Waals surface area contributed by atoms with Crippen LogP contribution in [0.3, 0.4) is 0 Å². The summed E-state index contributed by atoms with van der Waals surface area (Å²) in [6.07, 6.45) is -2.30. The van der Waals surface area contributed by atoms with Crippen LogP contribution in [0.5, 0.6) is 5.75 Å². The fraction of sp³-hybridized carbons (Fsp3) is 0.533. The molecule has 0 radical (unpaired) electrons. The van der Waals surface area contributed by atoms with E-state index in [9.17, 15) is 18.0 Å². The van der Waals surface area contributed by atoms with Crippen molar-refractivity contribution in [1.82, 2.24) is 4.98 Å². The van der Waals surface area contributed by atoms with Crippen LogP contribution >= 0.6 is 11.3 Å². The van der Waals surface area contributed by atoms with E-state index in [1.807, 2.05) is 39.8 Å². The van der Waals surface area contributed by atoms with Crippen LogP contribution in [0.25, 0.3) is 20.5 Å². The molecule has 0 aliphatic carbocycles. The summed E-state index contributed by atoms with van der Waals surface area (Å²) in [5, 5.41) is 0.991. The molecule has 3 aromatic rings. The van der Waals surface area contributed by atoms with E-state index < -0.39 is 37.2 Å². The number of thiophene rings is 1. The lowest BCUT2D eigenvalue weighted by Gasteiger charge is -2.24. The van der Waals surface area contributed by atoms with Crippen molar-refractivity contribution >= 4 is 27.4 Å². The van der Waals surface area contributed by atoms with Crippen molar-refractivity contribution in [1.29, 1.82) is 0 Å². The fourth-order valence-corrected chi connectivity index (χ4v) is 5.48. The number of ether oxygens (including phenoxy) is 2. The summed E-state index contributed by atoms with van der Waals surface area (Å²) >= 11 is 1.56. The summed E-state index contributed by atoms with van der Waals surface area (Å²) < 4.78 is 52.9. The number of carbonyl (C=O) groups is 1. The van der Waals surface area contributed by atoms with Gasteiger partial charge in [0, 0.05) is 26.5 Å². The number of hydrogen-bond acceptors (Lipinski definition) is 5. The molecule has 2 heterocycles. The molecule has 1 aromatic carbocycles. The first-order valence-electron chi connectivity index (χ1n) is 13.3. The predicted octanol–water partition coefficient (Wildman–Crippen LogP) is 8.51. The van der Waals surface area contributed by atoms with Crippen molar-refractivity contribution < 1.29 is 27.4 Å². The normalized spacial score (nSPS) is 13.8. The number of esters is 1. The number of pyridine rings is 1. The van der Waals surface area contributed by atoms with Crippen LogP contribution in [-0.2, 0) is 22.4 Å². The summed E-state index contributed by atoms with van der Waals surface area (Å²) in [5.41, 5.74) is 3.15. The van der Waals surface area contributed by atoms with Gasteiger partial charge in [-0.25, -0.2) is 0 Å². The third kappa shape index (κ3) is 7.71. The van der Waals surface area contributed by atoms with Crippen LogP contribution in [0, 0.1) is 23.7 Å². The summed E-state index contributed by atoms with van der Waals surface area (Å²) in [5.74, 6) is -2.35. The van der Waals surface area contributed by atoms with Gasteiger partial charge >= 0.3 is 12.1 Å². The van der Waals surface area contributed by atoms with Gasteiger partial charge in [0.2, 0.25) is 0 Å². The number of aryl methyl sites for hydroxylation is 2. The van der Waals surface area contributed by atoms with Gasteiger partial charge in [-0.1, -0.05) is 41.5 Å². The van der Waals surface area contributed by atoms with Crippen LogP contribution in [0.1, 0.15) is 59.4 Å². The molecule has 0 amide bonds. The molecule has 0 spiro atoms. The Morgan fingerprint density at radius 3 is 2.34 bits per heavy atom. The lowest BCUT2D eigenvalue weighted by atomic mass is 9.88. The van der Waals surface area contributed by atoms with Gasteiger partial charge in [-0.15, -0.1) is 11.3 Å². The van der Waals surface area contributed by atoms with Crippen molar-refractivity contribution in [2.75, 3.05) is 13.2 Å². The molecule has 38 heavy (non-hydrogen) atoms. The van der Waals surface area contributed by atoms with Gasteiger partial charge in [0.25, 0.3) is 0 Å². The molecule has 2 aromatic heterocycles. The number of benzene rings is 1. The van der Waals surface area contributed by atoms with E-state index in [4.69, 9.17) is 14.5 Å². The molecule has 208 valence electrons. The van der Waals surface area contributed by atoms with Gasteiger partial charge in [-0.05, 0) is 72.9 Å². The van der Waals surface area contributed by atoms with Crippen molar-refractivity contribution in [3.05, 3.63) is 47.8 Å². The Hall–Kier alpha value is -2.61. The first-order valence-corrected chi connectivity index (χ1v) is 14.1.